The van der Waals surface area contributed by atoms with Crippen LogP contribution in [0.5, 0.6) is 0 Å². The van der Waals surface area contributed by atoms with Gasteiger partial charge in [0.15, 0.2) is 0 Å². The summed E-state index contributed by atoms with van der Waals surface area (Å²) in [7, 11) is 0. The SMILES string of the molecule is CCc1nnsc1C(O)CCC(C)C. The van der Waals surface area contributed by atoms with Crippen LogP contribution in [0.2, 0.25) is 0 Å². The number of aliphatic hydroxyl groups is 1. The van der Waals surface area contributed by atoms with Gasteiger partial charge in [0.2, 0.25) is 0 Å². The molecule has 0 aromatic carbocycles. The predicted octanol–water partition coefficient (Wildman–Crippen LogP) is 2.57. The summed E-state index contributed by atoms with van der Waals surface area (Å²) in [5, 5.41) is 13.9. The van der Waals surface area contributed by atoms with E-state index in [1.54, 1.807) is 0 Å². The van der Waals surface area contributed by atoms with E-state index in [0.717, 1.165) is 29.8 Å². The zero-order valence-corrected chi connectivity index (χ0v) is 9.84. The lowest BCUT2D eigenvalue weighted by molar-refractivity contribution is 0.161. The topological polar surface area (TPSA) is 46.0 Å². The Morgan fingerprint density at radius 2 is 2.07 bits per heavy atom. The van der Waals surface area contributed by atoms with Crippen LogP contribution in [0, 0.1) is 5.92 Å². The maximum absolute atomic E-state index is 9.90. The largest absolute Gasteiger partial charge is 0.387 e. The monoisotopic (exact) mass is 214 g/mol. The molecule has 80 valence electrons. The maximum Gasteiger partial charge on any atom is 0.0917 e. The molecule has 1 aromatic rings. The van der Waals surface area contributed by atoms with E-state index in [1.165, 1.54) is 11.5 Å². The van der Waals surface area contributed by atoms with Crippen molar-refractivity contribution in [3.05, 3.63) is 10.6 Å². The van der Waals surface area contributed by atoms with Gasteiger partial charge in [0.1, 0.15) is 0 Å². The third-order valence-corrected chi connectivity index (χ3v) is 3.11. The minimum absolute atomic E-state index is 0.368. The van der Waals surface area contributed by atoms with Crippen molar-refractivity contribution in [1.82, 2.24) is 9.59 Å². The Morgan fingerprint density at radius 1 is 1.36 bits per heavy atom. The van der Waals surface area contributed by atoms with Gasteiger partial charge in [0, 0.05) is 0 Å². The minimum atomic E-state index is -0.368. The first-order valence-electron chi connectivity index (χ1n) is 5.14. The Kier molecular flexibility index (Phi) is 4.48. The van der Waals surface area contributed by atoms with Crippen molar-refractivity contribution >= 4 is 11.5 Å². The molecule has 1 N–H and O–H groups in total. The van der Waals surface area contributed by atoms with E-state index in [9.17, 15) is 5.11 Å². The van der Waals surface area contributed by atoms with Crippen LogP contribution in [0.15, 0.2) is 0 Å². The third-order valence-electron chi connectivity index (χ3n) is 2.24. The molecular formula is C10H18N2OS. The molecule has 1 aromatic heterocycles. The minimum Gasteiger partial charge on any atom is -0.387 e. The van der Waals surface area contributed by atoms with E-state index in [-0.39, 0.29) is 6.10 Å². The zero-order chi connectivity index (χ0) is 10.6. The van der Waals surface area contributed by atoms with Crippen molar-refractivity contribution in [3.8, 4) is 0 Å². The highest BCUT2D eigenvalue weighted by Gasteiger charge is 2.15. The Bertz CT molecular complexity index is 273. The molecule has 1 unspecified atom stereocenters. The Morgan fingerprint density at radius 3 is 2.64 bits per heavy atom. The molecule has 0 aliphatic heterocycles. The van der Waals surface area contributed by atoms with Crippen LogP contribution in [0.4, 0.5) is 0 Å². The fourth-order valence-corrected chi connectivity index (χ4v) is 2.09. The summed E-state index contributed by atoms with van der Waals surface area (Å²) in [5.74, 6) is 0.635. The standard InChI is InChI=1S/C10H18N2OS/c1-4-8-10(14-12-11-8)9(13)6-5-7(2)3/h7,9,13H,4-6H2,1-3H3. The lowest BCUT2D eigenvalue weighted by Gasteiger charge is -2.10. The molecule has 0 bridgehead atoms. The van der Waals surface area contributed by atoms with Gasteiger partial charge in [-0.1, -0.05) is 25.3 Å². The molecule has 0 radical (unpaired) electrons. The predicted molar refractivity (Wildman–Crippen MR) is 58.3 cm³/mol. The average molecular weight is 214 g/mol. The molecule has 4 heteroatoms. The number of aryl methyl sites for hydroxylation is 1. The molecule has 1 atom stereocenters. The van der Waals surface area contributed by atoms with Crippen molar-refractivity contribution in [3.63, 3.8) is 0 Å². The van der Waals surface area contributed by atoms with E-state index in [2.05, 4.69) is 23.4 Å². The van der Waals surface area contributed by atoms with Gasteiger partial charge in [-0.25, -0.2) is 0 Å². The molecule has 14 heavy (non-hydrogen) atoms. The molecule has 1 rings (SSSR count). The first-order valence-corrected chi connectivity index (χ1v) is 5.91. The number of hydrogen-bond donors (Lipinski definition) is 1. The lowest BCUT2D eigenvalue weighted by atomic mass is 10.0. The second-order valence-electron chi connectivity index (χ2n) is 3.92. The van der Waals surface area contributed by atoms with Gasteiger partial charge in [-0.15, -0.1) is 5.10 Å². The van der Waals surface area contributed by atoms with E-state index in [4.69, 9.17) is 0 Å². The molecule has 0 saturated carbocycles. The fourth-order valence-electron chi connectivity index (χ4n) is 1.34. The number of aromatic nitrogens is 2. The Hall–Kier alpha value is -0.480. The Balaban J connectivity index is 2.55. The quantitative estimate of drug-likeness (QED) is 0.819. The van der Waals surface area contributed by atoms with Crippen molar-refractivity contribution in [2.45, 2.75) is 46.1 Å². The van der Waals surface area contributed by atoms with E-state index in [0.29, 0.717) is 5.92 Å². The van der Waals surface area contributed by atoms with Crippen LogP contribution >= 0.6 is 11.5 Å². The van der Waals surface area contributed by atoms with Gasteiger partial charge in [-0.05, 0) is 36.7 Å². The molecule has 0 amide bonds. The molecule has 1 heterocycles. The molecular weight excluding hydrogens is 196 g/mol. The van der Waals surface area contributed by atoms with Gasteiger partial charge in [0.25, 0.3) is 0 Å². The second-order valence-corrected chi connectivity index (χ2v) is 4.71. The molecule has 3 nitrogen and oxygen atoms in total. The summed E-state index contributed by atoms with van der Waals surface area (Å²) in [4.78, 5) is 0.952. The average Bonchev–Trinajstić information content (AvgIpc) is 2.61. The highest BCUT2D eigenvalue weighted by molar-refractivity contribution is 7.05. The number of hydrogen-bond acceptors (Lipinski definition) is 4. The molecule has 0 fully saturated rings. The lowest BCUT2D eigenvalue weighted by Crippen LogP contribution is -2.00. The molecule has 0 aliphatic carbocycles. The van der Waals surface area contributed by atoms with Crippen molar-refractivity contribution in [2.24, 2.45) is 5.92 Å². The summed E-state index contributed by atoms with van der Waals surface area (Å²) < 4.78 is 3.87. The Labute approximate surface area is 89.3 Å². The van der Waals surface area contributed by atoms with Crippen molar-refractivity contribution in [1.29, 1.82) is 0 Å². The molecule has 0 saturated heterocycles. The molecule has 0 aliphatic rings. The van der Waals surface area contributed by atoms with Gasteiger partial charge in [-0.3, -0.25) is 0 Å². The number of aliphatic hydroxyl groups excluding tert-OH is 1. The van der Waals surface area contributed by atoms with Crippen LogP contribution in [0.3, 0.4) is 0 Å². The summed E-state index contributed by atoms with van der Waals surface area (Å²) >= 11 is 1.32. The van der Waals surface area contributed by atoms with Gasteiger partial charge >= 0.3 is 0 Å². The van der Waals surface area contributed by atoms with Crippen LogP contribution in [0.1, 0.15) is 50.3 Å². The van der Waals surface area contributed by atoms with Crippen molar-refractivity contribution in [2.75, 3.05) is 0 Å². The van der Waals surface area contributed by atoms with Crippen LogP contribution in [-0.4, -0.2) is 14.7 Å². The normalized spacial score (nSPS) is 13.5. The third kappa shape index (κ3) is 3.03. The smallest absolute Gasteiger partial charge is 0.0917 e. The fraction of sp³-hybridized carbons (Fsp3) is 0.800. The van der Waals surface area contributed by atoms with Crippen LogP contribution in [-0.2, 0) is 6.42 Å². The second kappa shape index (κ2) is 5.41. The highest BCUT2D eigenvalue weighted by Crippen LogP contribution is 2.25. The first kappa shape index (κ1) is 11.6. The number of rotatable bonds is 5. The van der Waals surface area contributed by atoms with E-state index >= 15 is 0 Å². The highest BCUT2D eigenvalue weighted by atomic mass is 32.1. The summed E-state index contributed by atoms with van der Waals surface area (Å²) in [6, 6.07) is 0. The molecule has 0 spiro atoms. The van der Waals surface area contributed by atoms with Gasteiger partial charge in [-0.2, -0.15) is 0 Å². The summed E-state index contributed by atoms with van der Waals surface area (Å²) in [5.41, 5.74) is 0.950. The summed E-state index contributed by atoms with van der Waals surface area (Å²) in [6.45, 7) is 6.37. The van der Waals surface area contributed by atoms with Crippen molar-refractivity contribution < 1.29 is 5.11 Å². The van der Waals surface area contributed by atoms with Gasteiger partial charge in [0.05, 0.1) is 16.7 Å². The first-order chi connectivity index (χ1) is 6.65. The van der Waals surface area contributed by atoms with Crippen LogP contribution < -0.4 is 0 Å². The maximum atomic E-state index is 9.90. The van der Waals surface area contributed by atoms with Crippen LogP contribution in [0.25, 0.3) is 0 Å². The van der Waals surface area contributed by atoms with E-state index < -0.39 is 0 Å². The van der Waals surface area contributed by atoms with E-state index in [1.807, 2.05) is 6.92 Å². The number of nitrogens with zero attached hydrogens (tertiary/aromatic N) is 2. The summed E-state index contributed by atoms with van der Waals surface area (Å²) in [6.07, 6.45) is 2.34. The van der Waals surface area contributed by atoms with Gasteiger partial charge < -0.3 is 5.11 Å². The zero-order valence-electron chi connectivity index (χ0n) is 9.03.